The van der Waals surface area contributed by atoms with Crippen molar-refractivity contribution in [2.45, 2.75) is 32.9 Å². The maximum atomic E-state index is 5.91. The van der Waals surface area contributed by atoms with Crippen LogP contribution in [-0.2, 0) is 6.54 Å². The lowest BCUT2D eigenvalue weighted by molar-refractivity contribution is 0.320. The van der Waals surface area contributed by atoms with E-state index >= 15 is 0 Å². The summed E-state index contributed by atoms with van der Waals surface area (Å²) in [7, 11) is 1.71. The van der Waals surface area contributed by atoms with Crippen LogP contribution in [-0.4, -0.2) is 36.1 Å². The number of likely N-dealkylation sites (tertiary alicyclic amines) is 1. The van der Waals surface area contributed by atoms with E-state index in [9.17, 15) is 0 Å². The second-order valence-corrected chi connectivity index (χ2v) is 4.83. The highest BCUT2D eigenvalue weighted by Crippen LogP contribution is 2.25. The van der Waals surface area contributed by atoms with Crippen LogP contribution in [0.1, 0.15) is 23.2 Å². The molecule has 1 aliphatic rings. The minimum absolute atomic E-state index is 0.322. The first-order chi connectivity index (χ1) is 8.11. The maximum Gasteiger partial charge on any atom is 0.128 e. The van der Waals surface area contributed by atoms with Crippen molar-refractivity contribution >= 4 is 0 Å². The van der Waals surface area contributed by atoms with Crippen LogP contribution in [0.25, 0.3) is 0 Å². The van der Waals surface area contributed by atoms with E-state index in [4.69, 9.17) is 10.5 Å². The second-order valence-electron chi connectivity index (χ2n) is 4.83. The summed E-state index contributed by atoms with van der Waals surface area (Å²) in [4.78, 5) is 6.87. The summed E-state index contributed by atoms with van der Waals surface area (Å²) in [5.41, 5.74) is 9.24. The molecule has 0 bridgehead atoms. The van der Waals surface area contributed by atoms with Gasteiger partial charge in [-0.3, -0.25) is 9.88 Å². The third-order valence-electron chi connectivity index (χ3n) is 3.43. The van der Waals surface area contributed by atoms with Crippen molar-refractivity contribution < 1.29 is 4.74 Å². The van der Waals surface area contributed by atoms with E-state index in [1.54, 1.807) is 7.11 Å². The van der Waals surface area contributed by atoms with Crippen LogP contribution in [0.5, 0.6) is 5.75 Å². The van der Waals surface area contributed by atoms with E-state index in [0.717, 1.165) is 48.6 Å². The van der Waals surface area contributed by atoms with E-state index in [0.29, 0.717) is 6.04 Å². The molecule has 0 aromatic carbocycles. The van der Waals surface area contributed by atoms with Gasteiger partial charge in [-0.1, -0.05) is 0 Å². The number of hydrogen-bond donors (Lipinski definition) is 1. The van der Waals surface area contributed by atoms with Gasteiger partial charge in [0.15, 0.2) is 0 Å². The molecule has 1 saturated heterocycles. The zero-order valence-electron chi connectivity index (χ0n) is 10.9. The van der Waals surface area contributed by atoms with Crippen LogP contribution >= 0.6 is 0 Å². The highest BCUT2D eigenvalue weighted by atomic mass is 16.5. The first kappa shape index (κ1) is 12.3. The van der Waals surface area contributed by atoms with Crippen LogP contribution in [0.3, 0.4) is 0 Å². The van der Waals surface area contributed by atoms with Gasteiger partial charge in [0, 0.05) is 43.0 Å². The fourth-order valence-electron chi connectivity index (χ4n) is 2.45. The fourth-order valence-corrected chi connectivity index (χ4v) is 2.45. The molecule has 1 aromatic heterocycles. The lowest BCUT2D eigenvalue weighted by Gasteiger charge is -2.18. The number of aryl methyl sites for hydroxylation is 1. The molecule has 1 fully saturated rings. The van der Waals surface area contributed by atoms with E-state index < -0.39 is 0 Å². The topological polar surface area (TPSA) is 51.4 Å². The van der Waals surface area contributed by atoms with Crippen molar-refractivity contribution in [1.29, 1.82) is 0 Å². The van der Waals surface area contributed by atoms with Gasteiger partial charge in [-0.05, 0) is 20.3 Å². The van der Waals surface area contributed by atoms with Crippen molar-refractivity contribution in [3.8, 4) is 5.75 Å². The predicted molar refractivity (Wildman–Crippen MR) is 68.1 cm³/mol. The molecule has 0 spiro atoms. The zero-order valence-corrected chi connectivity index (χ0v) is 10.9. The third-order valence-corrected chi connectivity index (χ3v) is 3.43. The standard InChI is InChI=1S/C13H21N3O/c1-9-6-15-12(10(2)13(9)17-3)8-16-5-4-11(14)7-16/h6,11H,4-5,7-8,14H2,1-3H3. The third kappa shape index (κ3) is 2.58. The summed E-state index contributed by atoms with van der Waals surface area (Å²) < 4.78 is 5.42. The summed E-state index contributed by atoms with van der Waals surface area (Å²) in [6.45, 7) is 7.00. The van der Waals surface area contributed by atoms with Crippen molar-refractivity contribution in [1.82, 2.24) is 9.88 Å². The summed E-state index contributed by atoms with van der Waals surface area (Å²) in [5, 5.41) is 0. The molecular formula is C13H21N3O. The van der Waals surface area contributed by atoms with Gasteiger partial charge >= 0.3 is 0 Å². The fraction of sp³-hybridized carbons (Fsp3) is 0.615. The van der Waals surface area contributed by atoms with Crippen molar-refractivity contribution in [2.75, 3.05) is 20.2 Å². The van der Waals surface area contributed by atoms with Gasteiger partial charge in [0.2, 0.25) is 0 Å². The van der Waals surface area contributed by atoms with E-state index in [1.165, 1.54) is 0 Å². The smallest absolute Gasteiger partial charge is 0.128 e. The SMILES string of the molecule is COc1c(C)cnc(CN2CCC(N)C2)c1C. The number of ether oxygens (including phenoxy) is 1. The maximum absolute atomic E-state index is 5.91. The molecule has 1 unspecified atom stereocenters. The lowest BCUT2D eigenvalue weighted by atomic mass is 10.1. The van der Waals surface area contributed by atoms with Crippen LogP contribution in [0.15, 0.2) is 6.20 Å². The summed E-state index contributed by atoms with van der Waals surface area (Å²) >= 11 is 0. The van der Waals surface area contributed by atoms with Crippen molar-refractivity contribution in [3.05, 3.63) is 23.0 Å². The van der Waals surface area contributed by atoms with Gasteiger partial charge in [-0.25, -0.2) is 0 Å². The molecule has 0 radical (unpaired) electrons. The van der Waals surface area contributed by atoms with Gasteiger partial charge in [-0.2, -0.15) is 0 Å². The molecule has 17 heavy (non-hydrogen) atoms. The number of aromatic nitrogens is 1. The quantitative estimate of drug-likeness (QED) is 0.856. The van der Waals surface area contributed by atoms with Gasteiger partial charge in [0.25, 0.3) is 0 Å². The molecule has 2 rings (SSSR count). The monoisotopic (exact) mass is 235 g/mol. The molecule has 0 saturated carbocycles. The molecule has 2 heterocycles. The molecular weight excluding hydrogens is 214 g/mol. The average Bonchev–Trinajstić information content (AvgIpc) is 2.69. The molecule has 1 aromatic rings. The van der Waals surface area contributed by atoms with Crippen LogP contribution in [0, 0.1) is 13.8 Å². The summed E-state index contributed by atoms with van der Waals surface area (Å²) in [6, 6.07) is 0.322. The molecule has 4 nitrogen and oxygen atoms in total. The number of hydrogen-bond acceptors (Lipinski definition) is 4. The van der Waals surface area contributed by atoms with Gasteiger partial charge in [0.05, 0.1) is 12.8 Å². The Hall–Kier alpha value is -1.13. The number of rotatable bonds is 3. The van der Waals surface area contributed by atoms with Crippen molar-refractivity contribution in [2.24, 2.45) is 5.73 Å². The van der Waals surface area contributed by atoms with Crippen LogP contribution < -0.4 is 10.5 Å². The number of methoxy groups -OCH3 is 1. The molecule has 94 valence electrons. The Morgan fingerprint density at radius 3 is 2.88 bits per heavy atom. The molecule has 1 atom stereocenters. The predicted octanol–water partition coefficient (Wildman–Crippen LogP) is 1.24. The van der Waals surface area contributed by atoms with E-state index in [2.05, 4.69) is 16.8 Å². The molecule has 4 heteroatoms. The molecule has 2 N–H and O–H groups in total. The Labute approximate surface area is 103 Å². The summed E-state index contributed by atoms with van der Waals surface area (Å²) in [5.74, 6) is 0.957. The van der Waals surface area contributed by atoms with Crippen LogP contribution in [0.2, 0.25) is 0 Å². The Balaban J connectivity index is 2.16. The Kier molecular flexibility index (Phi) is 3.64. The minimum Gasteiger partial charge on any atom is -0.496 e. The zero-order chi connectivity index (χ0) is 12.4. The van der Waals surface area contributed by atoms with Gasteiger partial charge in [0.1, 0.15) is 5.75 Å². The highest BCUT2D eigenvalue weighted by molar-refractivity contribution is 5.41. The molecule has 0 aliphatic carbocycles. The largest absolute Gasteiger partial charge is 0.496 e. The first-order valence-electron chi connectivity index (χ1n) is 6.08. The summed E-state index contributed by atoms with van der Waals surface area (Å²) in [6.07, 6.45) is 2.97. The number of nitrogens with zero attached hydrogens (tertiary/aromatic N) is 2. The van der Waals surface area contributed by atoms with E-state index in [-0.39, 0.29) is 0 Å². The highest BCUT2D eigenvalue weighted by Gasteiger charge is 2.20. The Morgan fingerprint density at radius 2 is 2.29 bits per heavy atom. The number of nitrogens with two attached hydrogens (primary N) is 1. The molecule has 1 aliphatic heterocycles. The van der Waals surface area contributed by atoms with Crippen LogP contribution in [0.4, 0.5) is 0 Å². The first-order valence-corrected chi connectivity index (χ1v) is 6.08. The molecule has 0 amide bonds. The van der Waals surface area contributed by atoms with Crippen molar-refractivity contribution in [3.63, 3.8) is 0 Å². The van der Waals surface area contributed by atoms with Gasteiger partial charge < -0.3 is 10.5 Å². The minimum atomic E-state index is 0.322. The van der Waals surface area contributed by atoms with E-state index in [1.807, 2.05) is 13.1 Å². The Bertz CT molecular complexity index is 406. The Morgan fingerprint density at radius 1 is 1.53 bits per heavy atom. The number of pyridine rings is 1. The van der Waals surface area contributed by atoms with Gasteiger partial charge in [-0.15, -0.1) is 0 Å². The lowest BCUT2D eigenvalue weighted by Crippen LogP contribution is -2.26. The normalized spacial score (nSPS) is 20.8. The second kappa shape index (κ2) is 5.02. The average molecular weight is 235 g/mol.